The largest absolute Gasteiger partial charge is 0.311 e. The lowest BCUT2D eigenvalue weighted by molar-refractivity contribution is 0.0905. The summed E-state index contributed by atoms with van der Waals surface area (Å²) in [6, 6.07) is 1.61. The van der Waals surface area contributed by atoms with Gasteiger partial charge >= 0.3 is 0 Å². The van der Waals surface area contributed by atoms with Gasteiger partial charge in [-0.3, -0.25) is 4.90 Å². The van der Waals surface area contributed by atoms with E-state index in [1.807, 2.05) is 0 Å². The van der Waals surface area contributed by atoms with E-state index in [-0.39, 0.29) is 0 Å². The van der Waals surface area contributed by atoms with Crippen LogP contribution in [-0.4, -0.2) is 36.6 Å². The van der Waals surface area contributed by atoms with Crippen molar-refractivity contribution < 1.29 is 0 Å². The lowest BCUT2D eigenvalue weighted by Gasteiger charge is -2.42. The first-order valence-corrected chi connectivity index (χ1v) is 8.70. The van der Waals surface area contributed by atoms with Crippen molar-refractivity contribution >= 4 is 0 Å². The summed E-state index contributed by atoms with van der Waals surface area (Å²) in [4.78, 5) is 2.87. The summed E-state index contributed by atoms with van der Waals surface area (Å²) in [6.07, 6.45) is 10.3. The van der Waals surface area contributed by atoms with Crippen LogP contribution in [0.5, 0.6) is 0 Å². The van der Waals surface area contributed by atoms with Crippen molar-refractivity contribution in [2.45, 2.75) is 70.9 Å². The molecule has 2 unspecified atom stereocenters. The smallest absolute Gasteiger partial charge is 0.0224 e. The van der Waals surface area contributed by atoms with Gasteiger partial charge in [0.25, 0.3) is 0 Å². The fourth-order valence-electron chi connectivity index (χ4n) is 4.22. The highest BCUT2D eigenvalue weighted by molar-refractivity contribution is 4.95. The summed E-state index contributed by atoms with van der Waals surface area (Å²) >= 11 is 0. The third-order valence-corrected chi connectivity index (χ3v) is 5.47. The van der Waals surface area contributed by atoms with E-state index in [4.69, 9.17) is 0 Å². The van der Waals surface area contributed by atoms with Crippen LogP contribution in [0, 0.1) is 17.8 Å². The minimum absolute atomic E-state index is 0.801. The average Bonchev–Trinajstić information content (AvgIpc) is 3.10. The first-order valence-electron chi connectivity index (χ1n) is 8.70. The number of hydrogen-bond acceptors (Lipinski definition) is 2. The Morgan fingerprint density at radius 2 is 1.84 bits per heavy atom. The third-order valence-electron chi connectivity index (χ3n) is 5.47. The molecule has 1 aliphatic heterocycles. The fourth-order valence-corrected chi connectivity index (χ4v) is 4.22. The van der Waals surface area contributed by atoms with Gasteiger partial charge in [0.15, 0.2) is 0 Å². The van der Waals surface area contributed by atoms with Crippen LogP contribution in [0.25, 0.3) is 0 Å². The van der Waals surface area contributed by atoms with Crippen LogP contribution in [0.15, 0.2) is 0 Å². The van der Waals surface area contributed by atoms with Crippen LogP contribution in [0.3, 0.4) is 0 Å². The summed E-state index contributed by atoms with van der Waals surface area (Å²) in [5.41, 5.74) is 0. The van der Waals surface area contributed by atoms with Crippen LogP contribution in [0.4, 0.5) is 0 Å². The minimum Gasteiger partial charge on any atom is -0.311 e. The molecule has 0 amide bonds. The molecule has 1 heterocycles. The Hall–Kier alpha value is -0.0800. The molecule has 2 heteroatoms. The summed E-state index contributed by atoms with van der Waals surface area (Å²) < 4.78 is 0. The van der Waals surface area contributed by atoms with Gasteiger partial charge in [0.1, 0.15) is 0 Å². The SMILES string of the molecule is CC(C)CC1CNC(C2CC2)CN1CC1CCCC1. The first kappa shape index (κ1) is 13.9. The van der Waals surface area contributed by atoms with Crippen LogP contribution in [-0.2, 0) is 0 Å². The van der Waals surface area contributed by atoms with E-state index in [9.17, 15) is 0 Å². The zero-order chi connectivity index (χ0) is 13.2. The molecule has 110 valence electrons. The van der Waals surface area contributed by atoms with Gasteiger partial charge in [-0.05, 0) is 49.9 Å². The molecular formula is C17H32N2. The van der Waals surface area contributed by atoms with E-state index in [0.29, 0.717) is 0 Å². The summed E-state index contributed by atoms with van der Waals surface area (Å²) in [6.45, 7) is 8.72. The van der Waals surface area contributed by atoms with Crippen molar-refractivity contribution in [3.05, 3.63) is 0 Å². The second-order valence-electron chi connectivity index (χ2n) is 7.74. The quantitative estimate of drug-likeness (QED) is 0.820. The number of nitrogens with zero attached hydrogens (tertiary/aromatic N) is 1. The average molecular weight is 264 g/mol. The van der Waals surface area contributed by atoms with Gasteiger partial charge in [0.05, 0.1) is 0 Å². The van der Waals surface area contributed by atoms with Crippen LogP contribution < -0.4 is 5.32 Å². The Labute approximate surface area is 119 Å². The molecule has 3 aliphatic rings. The number of hydrogen-bond donors (Lipinski definition) is 1. The molecule has 1 saturated heterocycles. The van der Waals surface area contributed by atoms with Gasteiger partial charge < -0.3 is 5.32 Å². The van der Waals surface area contributed by atoms with Crippen LogP contribution >= 0.6 is 0 Å². The molecule has 3 rings (SSSR count). The molecule has 2 atom stereocenters. The van der Waals surface area contributed by atoms with E-state index >= 15 is 0 Å². The number of nitrogens with one attached hydrogen (secondary N) is 1. The van der Waals surface area contributed by atoms with Crippen LogP contribution in [0.1, 0.15) is 58.8 Å². The molecule has 0 aromatic rings. The van der Waals surface area contributed by atoms with E-state index in [1.54, 1.807) is 0 Å². The molecule has 2 saturated carbocycles. The molecule has 2 aliphatic carbocycles. The highest BCUT2D eigenvalue weighted by Gasteiger charge is 2.37. The van der Waals surface area contributed by atoms with Crippen molar-refractivity contribution in [3.8, 4) is 0 Å². The topological polar surface area (TPSA) is 15.3 Å². The maximum atomic E-state index is 3.85. The summed E-state index contributed by atoms with van der Waals surface area (Å²) in [7, 11) is 0. The zero-order valence-electron chi connectivity index (χ0n) is 12.9. The summed E-state index contributed by atoms with van der Waals surface area (Å²) in [5.74, 6) is 2.84. The highest BCUT2D eigenvalue weighted by atomic mass is 15.2. The van der Waals surface area contributed by atoms with Gasteiger partial charge in [-0.1, -0.05) is 26.7 Å². The molecule has 1 N–H and O–H groups in total. The predicted molar refractivity (Wildman–Crippen MR) is 81.3 cm³/mol. The van der Waals surface area contributed by atoms with Crippen molar-refractivity contribution in [2.75, 3.05) is 19.6 Å². The molecular weight excluding hydrogens is 232 g/mol. The minimum atomic E-state index is 0.801. The first-order chi connectivity index (χ1) is 9.22. The molecule has 0 bridgehead atoms. The van der Waals surface area contributed by atoms with Gasteiger partial charge in [0.2, 0.25) is 0 Å². The maximum Gasteiger partial charge on any atom is 0.0224 e. The zero-order valence-corrected chi connectivity index (χ0v) is 12.9. The second-order valence-corrected chi connectivity index (χ2v) is 7.74. The van der Waals surface area contributed by atoms with Crippen molar-refractivity contribution in [1.82, 2.24) is 10.2 Å². The standard InChI is InChI=1S/C17H32N2/c1-13(2)9-16-10-18-17(15-7-8-15)12-19(16)11-14-5-3-4-6-14/h13-18H,3-12H2,1-2H3. The van der Waals surface area contributed by atoms with Gasteiger partial charge in [-0.25, -0.2) is 0 Å². The molecule has 0 spiro atoms. The fraction of sp³-hybridized carbons (Fsp3) is 1.00. The van der Waals surface area contributed by atoms with E-state index in [0.717, 1.165) is 29.8 Å². The van der Waals surface area contributed by atoms with E-state index < -0.39 is 0 Å². The normalized spacial score (nSPS) is 34.3. The van der Waals surface area contributed by atoms with E-state index in [2.05, 4.69) is 24.1 Å². The van der Waals surface area contributed by atoms with E-state index in [1.165, 1.54) is 64.6 Å². The van der Waals surface area contributed by atoms with Gasteiger partial charge in [-0.15, -0.1) is 0 Å². The Kier molecular flexibility index (Phi) is 4.48. The number of rotatable bonds is 5. The molecule has 0 radical (unpaired) electrons. The Morgan fingerprint density at radius 1 is 1.11 bits per heavy atom. The van der Waals surface area contributed by atoms with Gasteiger partial charge in [-0.2, -0.15) is 0 Å². The molecule has 19 heavy (non-hydrogen) atoms. The lowest BCUT2D eigenvalue weighted by atomic mass is 9.96. The monoisotopic (exact) mass is 264 g/mol. The Bertz CT molecular complexity index is 277. The second kappa shape index (κ2) is 6.13. The van der Waals surface area contributed by atoms with Crippen LogP contribution in [0.2, 0.25) is 0 Å². The molecule has 0 aromatic carbocycles. The van der Waals surface area contributed by atoms with Crippen molar-refractivity contribution in [1.29, 1.82) is 0 Å². The third kappa shape index (κ3) is 3.72. The Morgan fingerprint density at radius 3 is 2.47 bits per heavy atom. The lowest BCUT2D eigenvalue weighted by Crippen LogP contribution is -2.58. The van der Waals surface area contributed by atoms with Crippen molar-refractivity contribution in [3.63, 3.8) is 0 Å². The Balaban J connectivity index is 1.58. The van der Waals surface area contributed by atoms with Gasteiger partial charge in [0, 0.05) is 31.7 Å². The molecule has 2 nitrogen and oxygen atoms in total. The predicted octanol–water partition coefficient (Wildman–Crippen LogP) is 3.28. The number of piperazine rings is 1. The highest BCUT2D eigenvalue weighted by Crippen LogP contribution is 2.35. The van der Waals surface area contributed by atoms with Crippen molar-refractivity contribution in [2.24, 2.45) is 17.8 Å². The maximum absolute atomic E-state index is 3.85. The molecule has 3 fully saturated rings. The molecule has 0 aromatic heterocycles. The summed E-state index contributed by atoms with van der Waals surface area (Å²) in [5, 5.41) is 3.85.